The molecule has 0 bridgehead atoms. The molecule has 19 heavy (non-hydrogen) atoms. The number of amides is 2. The quantitative estimate of drug-likeness (QED) is 0.728. The number of thiophene rings is 1. The van der Waals surface area contributed by atoms with Gasteiger partial charge in [-0.2, -0.15) is 0 Å². The predicted molar refractivity (Wildman–Crippen MR) is 71.5 cm³/mol. The standard InChI is InChI=1S/C12H16N2O4S/c1-3-6-13-10(15)7(2)14-11(16)8-4-5-9(19-8)12(17)18/h4-5,7H,3,6H2,1-2H3,(H,13,15)(H,14,16)(H,17,18). The highest BCUT2D eigenvalue weighted by Gasteiger charge is 2.18. The van der Waals surface area contributed by atoms with Crippen molar-refractivity contribution in [1.29, 1.82) is 0 Å². The Morgan fingerprint density at radius 2 is 1.95 bits per heavy atom. The summed E-state index contributed by atoms with van der Waals surface area (Å²) in [7, 11) is 0. The fourth-order valence-electron chi connectivity index (χ4n) is 1.31. The molecule has 0 saturated heterocycles. The molecule has 1 aromatic rings. The summed E-state index contributed by atoms with van der Waals surface area (Å²) in [6.07, 6.45) is 0.819. The van der Waals surface area contributed by atoms with Crippen molar-refractivity contribution in [2.75, 3.05) is 6.54 Å². The number of rotatable bonds is 6. The van der Waals surface area contributed by atoms with Crippen LogP contribution in [0.25, 0.3) is 0 Å². The zero-order chi connectivity index (χ0) is 14.4. The van der Waals surface area contributed by atoms with Crippen molar-refractivity contribution in [2.45, 2.75) is 26.3 Å². The molecule has 0 spiro atoms. The van der Waals surface area contributed by atoms with Crippen molar-refractivity contribution in [2.24, 2.45) is 0 Å². The van der Waals surface area contributed by atoms with Crippen molar-refractivity contribution in [3.63, 3.8) is 0 Å². The molecule has 0 fully saturated rings. The van der Waals surface area contributed by atoms with Gasteiger partial charge in [0.25, 0.3) is 5.91 Å². The van der Waals surface area contributed by atoms with Gasteiger partial charge < -0.3 is 15.7 Å². The average molecular weight is 284 g/mol. The van der Waals surface area contributed by atoms with Crippen LogP contribution in [0.5, 0.6) is 0 Å². The molecule has 2 amide bonds. The first-order chi connectivity index (χ1) is 8.95. The first-order valence-corrected chi connectivity index (χ1v) is 6.69. The number of nitrogens with one attached hydrogen (secondary N) is 2. The van der Waals surface area contributed by atoms with Crippen LogP contribution in [0.4, 0.5) is 0 Å². The fraction of sp³-hybridized carbons (Fsp3) is 0.417. The Morgan fingerprint density at radius 1 is 1.32 bits per heavy atom. The Balaban J connectivity index is 2.58. The van der Waals surface area contributed by atoms with E-state index >= 15 is 0 Å². The second-order valence-corrected chi connectivity index (χ2v) is 5.04. The van der Waals surface area contributed by atoms with Crippen LogP contribution in [-0.4, -0.2) is 35.5 Å². The van der Waals surface area contributed by atoms with E-state index in [1.807, 2.05) is 6.92 Å². The highest BCUT2D eigenvalue weighted by Crippen LogP contribution is 2.16. The molecule has 1 aromatic heterocycles. The van der Waals surface area contributed by atoms with Crippen molar-refractivity contribution < 1.29 is 19.5 Å². The Labute approximate surface area is 114 Å². The van der Waals surface area contributed by atoms with Gasteiger partial charge in [-0.25, -0.2) is 4.79 Å². The van der Waals surface area contributed by atoms with Gasteiger partial charge in [0.2, 0.25) is 5.91 Å². The van der Waals surface area contributed by atoms with Gasteiger partial charge in [0.05, 0.1) is 4.88 Å². The van der Waals surface area contributed by atoms with Gasteiger partial charge in [-0.05, 0) is 25.5 Å². The van der Waals surface area contributed by atoms with Gasteiger partial charge >= 0.3 is 5.97 Å². The number of carbonyl (C=O) groups excluding carboxylic acids is 2. The number of carbonyl (C=O) groups is 3. The molecule has 1 heterocycles. The highest BCUT2D eigenvalue weighted by molar-refractivity contribution is 7.15. The van der Waals surface area contributed by atoms with E-state index in [-0.39, 0.29) is 15.7 Å². The lowest BCUT2D eigenvalue weighted by Gasteiger charge is -2.12. The van der Waals surface area contributed by atoms with E-state index in [4.69, 9.17) is 5.11 Å². The molecule has 3 N–H and O–H groups in total. The molecule has 7 heteroatoms. The summed E-state index contributed by atoms with van der Waals surface area (Å²) in [5.41, 5.74) is 0. The lowest BCUT2D eigenvalue weighted by Crippen LogP contribution is -2.44. The Morgan fingerprint density at radius 3 is 2.47 bits per heavy atom. The minimum Gasteiger partial charge on any atom is -0.477 e. The predicted octanol–water partition coefficient (Wildman–Crippen LogP) is 1.09. The van der Waals surface area contributed by atoms with E-state index in [2.05, 4.69) is 10.6 Å². The topological polar surface area (TPSA) is 95.5 Å². The summed E-state index contributed by atoms with van der Waals surface area (Å²) in [4.78, 5) is 34.4. The van der Waals surface area contributed by atoms with Crippen molar-refractivity contribution in [1.82, 2.24) is 10.6 Å². The van der Waals surface area contributed by atoms with Crippen LogP contribution in [0.3, 0.4) is 0 Å². The molecular formula is C12H16N2O4S. The van der Waals surface area contributed by atoms with Crippen LogP contribution in [0.15, 0.2) is 12.1 Å². The summed E-state index contributed by atoms with van der Waals surface area (Å²) in [5, 5.41) is 14.0. The van der Waals surface area contributed by atoms with Crippen LogP contribution in [0.1, 0.15) is 39.6 Å². The Kier molecular flexibility index (Phi) is 5.50. The molecular weight excluding hydrogens is 268 g/mol. The normalized spacial score (nSPS) is 11.7. The van der Waals surface area contributed by atoms with Crippen LogP contribution in [-0.2, 0) is 4.79 Å². The summed E-state index contributed by atoms with van der Waals surface area (Å²) in [6.45, 7) is 4.07. The van der Waals surface area contributed by atoms with Gasteiger partial charge in [-0.3, -0.25) is 9.59 Å². The van der Waals surface area contributed by atoms with Crippen LogP contribution in [0.2, 0.25) is 0 Å². The maximum Gasteiger partial charge on any atom is 0.345 e. The maximum atomic E-state index is 11.8. The van der Waals surface area contributed by atoms with Crippen molar-refractivity contribution in [3.8, 4) is 0 Å². The number of carboxylic acids is 1. The second-order valence-electron chi connectivity index (χ2n) is 3.96. The summed E-state index contributed by atoms with van der Waals surface area (Å²) in [6, 6.07) is 2.14. The molecule has 0 aromatic carbocycles. The molecule has 104 valence electrons. The van der Waals surface area contributed by atoms with Crippen LogP contribution in [0, 0.1) is 0 Å². The third-order valence-corrected chi connectivity index (χ3v) is 3.40. The zero-order valence-corrected chi connectivity index (χ0v) is 11.5. The van der Waals surface area contributed by atoms with Crippen molar-refractivity contribution >= 4 is 29.1 Å². The lowest BCUT2D eigenvalue weighted by molar-refractivity contribution is -0.122. The molecule has 1 atom stereocenters. The Bertz CT molecular complexity index is 484. The number of hydrogen-bond donors (Lipinski definition) is 3. The first kappa shape index (κ1) is 15.2. The third kappa shape index (κ3) is 4.36. The van der Waals surface area contributed by atoms with E-state index in [9.17, 15) is 14.4 Å². The molecule has 1 rings (SSSR count). The monoisotopic (exact) mass is 284 g/mol. The Hall–Kier alpha value is -1.89. The van der Waals surface area contributed by atoms with E-state index < -0.39 is 17.9 Å². The van der Waals surface area contributed by atoms with E-state index in [0.717, 1.165) is 17.8 Å². The molecule has 0 aliphatic rings. The number of aromatic carboxylic acids is 1. The highest BCUT2D eigenvalue weighted by atomic mass is 32.1. The van der Waals surface area contributed by atoms with E-state index in [1.54, 1.807) is 6.92 Å². The maximum absolute atomic E-state index is 11.8. The van der Waals surface area contributed by atoms with Gasteiger partial charge in [-0.1, -0.05) is 6.92 Å². The molecule has 1 unspecified atom stereocenters. The lowest BCUT2D eigenvalue weighted by atomic mass is 10.3. The molecule has 0 saturated carbocycles. The largest absolute Gasteiger partial charge is 0.477 e. The first-order valence-electron chi connectivity index (χ1n) is 5.87. The second kappa shape index (κ2) is 6.89. The SMILES string of the molecule is CCCNC(=O)C(C)NC(=O)c1ccc(C(=O)O)s1. The minimum absolute atomic E-state index is 0.0910. The minimum atomic E-state index is -1.07. The van der Waals surface area contributed by atoms with Crippen LogP contribution < -0.4 is 10.6 Å². The smallest absolute Gasteiger partial charge is 0.345 e. The molecule has 0 aliphatic heterocycles. The number of carboxylic acid groups (broad SMARTS) is 1. The average Bonchev–Trinajstić information content (AvgIpc) is 2.85. The van der Waals surface area contributed by atoms with E-state index in [0.29, 0.717) is 6.54 Å². The van der Waals surface area contributed by atoms with Gasteiger partial charge in [-0.15, -0.1) is 11.3 Å². The van der Waals surface area contributed by atoms with Gasteiger partial charge in [0, 0.05) is 6.54 Å². The fourth-order valence-corrected chi connectivity index (χ4v) is 2.06. The van der Waals surface area contributed by atoms with Gasteiger partial charge in [0.15, 0.2) is 0 Å². The summed E-state index contributed by atoms with van der Waals surface area (Å²) < 4.78 is 0. The molecule has 0 aliphatic carbocycles. The summed E-state index contributed by atoms with van der Waals surface area (Å²) in [5.74, 6) is -1.78. The van der Waals surface area contributed by atoms with Crippen LogP contribution >= 0.6 is 11.3 Å². The number of hydrogen-bond acceptors (Lipinski definition) is 4. The zero-order valence-electron chi connectivity index (χ0n) is 10.7. The van der Waals surface area contributed by atoms with Crippen molar-refractivity contribution in [3.05, 3.63) is 21.9 Å². The summed E-state index contributed by atoms with van der Waals surface area (Å²) >= 11 is 0.877. The molecule has 6 nitrogen and oxygen atoms in total. The molecule has 0 radical (unpaired) electrons. The van der Waals surface area contributed by atoms with Gasteiger partial charge in [0.1, 0.15) is 10.9 Å². The third-order valence-electron chi connectivity index (χ3n) is 2.33. The van der Waals surface area contributed by atoms with E-state index in [1.165, 1.54) is 12.1 Å².